The zero-order chi connectivity index (χ0) is 38.0. The van der Waals surface area contributed by atoms with Crippen LogP contribution < -0.4 is 0 Å². The molecule has 0 saturated heterocycles. The van der Waals surface area contributed by atoms with Crippen LogP contribution in [0.3, 0.4) is 0 Å². The number of hydrogen-bond donors (Lipinski definition) is 3. The van der Waals surface area contributed by atoms with Crippen LogP contribution >= 0.6 is 7.82 Å². The van der Waals surface area contributed by atoms with Crippen LogP contribution in [-0.2, 0) is 37.5 Å². The molecule has 0 spiro atoms. The fourth-order valence-corrected chi connectivity index (χ4v) is 5.45. The number of aliphatic hydroxyl groups excluding tert-OH is 2. The van der Waals surface area contributed by atoms with Crippen molar-refractivity contribution in [1.82, 2.24) is 0 Å². The van der Waals surface area contributed by atoms with Crippen LogP contribution in [0.4, 0.5) is 0 Å². The largest absolute Gasteiger partial charge is 0.472 e. The van der Waals surface area contributed by atoms with Crippen molar-refractivity contribution in [2.45, 2.75) is 149 Å². The van der Waals surface area contributed by atoms with Gasteiger partial charge in [0.15, 0.2) is 11.9 Å². The standard InChI is InChI=1S/C39H67O11P/c1-4-5-6-7-8-9-10-11-12-13-16-19-22-26-35(41)27-24-29-39(44)50-37(33-49-51(45,46)48-31-36(42)30-40)32-47-38(43)28-23-20-17-14-15-18-21-25-34(2)3/h8-9,11-12,16,19,22,26,34,36-37,40,42H,4-7,10,13-15,17-18,20-21,23-25,27-33H2,1-3H3,(H,45,46)/b9-8-,12-11-,19-16-,26-22+/t36-,37+/m0/s1. The van der Waals surface area contributed by atoms with Gasteiger partial charge in [0, 0.05) is 19.3 Å². The normalized spacial score (nSPS) is 14.6. The molecule has 0 radical (unpaired) electrons. The molecule has 0 fully saturated rings. The van der Waals surface area contributed by atoms with Crippen LogP contribution in [0.25, 0.3) is 0 Å². The highest BCUT2D eigenvalue weighted by Gasteiger charge is 2.27. The first-order valence-corrected chi connectivity index (χ1v) is 20.4. The molecule has 3 N–H and O–H groups in total. The number of allylic oxidation sites excluding steroid dienone is 8. The molecule has 12 heteroatoms. The van der Waals surface area contributed by atoms with E-state index in [1.807, 2.05) is 6.08 Å². The van der Waals surface area contributed by atoms with Crippen molar-refractivity contribution in [2.75, 3.05) is 26.4 Å². The van der Waals surface area contributed by atoms with Gasteiger partial charge in [0.1, 0.15) is 12.7 Å². The van der Waals surface area contributed by atoms with Gasteiger partial charge in [-0.3, -0.25) is 23.4 Å². The van der Waals surface area contributed by atoms with Crippen molar-refractivity contribution in [3.63, 3.8) is 0 Å². The minimum atomic E-state index is -4.68. The first-order valence-electron chi connectivity index (χ1n) is 18.9. The van der Waals surface area contributed by atoms with E-state index in [-0.39, 0.29) is 31.5 Å². The molecule has 0 aliphatic carbocycles. The van der Waals surface area contributed by atoms with E-state index in [1.54, 1.807) is 12.2 Å². The van der Waals surface area contributed by atoms with E-state index in [4.69, 9.17) is 19.1 Å². The van der Waals surface area contributed by atoms with Gasteiger partial charge in [-0.15, -0.1) is 0 Å². The predicted molar refractivity (Wildman–Crippen MR) is 201 cm³/mol. The van der Waals surface area contributed by atoms with Gasteiger partial charge in [-0.1, -0.05) is 121 Å². The lowest BCUT2D eigenvalue weighted by atomic mass is 10.0. The smallest absolute Gasteiger partial charge is 0.462 e. The lowest BCUT2D eigenvalue weighted by molar-refractivity contribution is -0.161. The molecule has 0 saturated carbocycles. The number of unbranched alkanes of at least 4 members (excludes halogenated alkanes) is 9. The summed E-state index contributed by atoms with van der Waals surface area (Å²) in [5.74, 6) is -0.614. The Kier molecular flexibility index (Phi) is 31.9. The summed E-state index contributed by atoms with van der Waals surface area (Å²) in [4.78, 5) is 46.9. The summed E-state index contributed by atoms with van der Waals surface area (Å²) in [7, 11) is -4.68. The van der Waals surface area contributed by atoms with Gasteiger partial charge in [0.25, 0.3) is 0 Å². The van der Waals surface area contributed by atoms with E-state index in [9.17, 15) is 28.9 Å². The van der Waals surface area contributed by atoms with Crippen LogP contribution in [0.1, 0.15) is 136 Å². The summed E-state index contributed by atoms with van der Waals surface area (Å²) in [6.45, 7) is 4.28. The Morgan fingerprint density at radius 2 is 1.33 bits per heavy atom. The van der Waals surface area contributed by atoms with Crippen LogP contribution in [0.2, 0.25) is 0 Å². The molecule has 0 rings (SSSR count). The Hall–Kier alpha value is -2.40. The SMILES string of the molecule is CCCCC/C=C\C/C=C\C/C=C\C=C\C(=O)CCCC(=O)O[C@H](COC(=O)CCCCCCCCCC(C)C)COP(=O)(O)OC[C@@H](O)CO. The van der Waals surface area contributed by atoms with E-state index in [0.29, 0.717) is 6.42 Å². The minimum absolute atomic E-state index is 0.106. The van der Waals surface area contributed by atoms with Crippen molar-refractivity contribution >= 4 is 25.5 Å². The van der Waals surface area contributed by atoms with Crippen LogP contribution in [0, 0.1) is 5.92 Å². The summed E-state index contributed by atoms with van der Waals surface area (Å²) in [5.41, 5.74) is 0. The summed E-state index contributed by atoms with van der Waals surface area (Å²) in [6.07, 6.45) is 28.3. The molecule has 0 aromatic carbocycles. The fraction of sp³-hybridized carbons (Fsp3) is 0.718. The van der Waals surface area contributed by atoms with E-state index in [2.05, 4.69) is 49.6 Å². The predicted octanol–water partition coefficient (Wildman–Crippen LogP) is 8.42. The van der Waals surface area contributed by atoms with Crippen LogP contribution in [0.15, 0.2) is 48.6 Å². The third kappa shape index (κ3) is 34.5. The number of esters is 2. The second-order valence-corrected chi connectivity index (χ2v) is 14.6. The molecule has 294 valence electrons. The first-order chi connectivity index (χ1) is 24.5. The summed E-state index contributed by atoms with van der Waals surface area (Å²) >= 11 is 0. The number of phosphoric ester groups is 1. The average molecular weight is 743 g/mol. The maximum absolute atomic E-state index is 12.5. The quantitative estimate of drug-likeness (QED) is 0.0145. The molecule has 3 atom stereocenters. The fourth-order valence-electron chi connectivity index (χ4n) is 4.66. The molecule has 0 heterocycles. The summed E-state index contributed by atoms with van der Waals surface area (Å²) in [6, 6.07) is 0. The lowest BCUT2D eigenvalue weighted by Gasteiger charge is -2.20. The molecule has 0 aromatic rings. The van der Waals surface area contributed by atoms with E-state index >= 15 is 0 Å². The van der Waals surface area contributed by atoms with Gasteiger partial charge >= 0.3 is 19.8 Å². The maximum atomic E-state index is 12.5. The number of hydrogen-bond acceptors (Lipinski definition) is 10. The number of rotatable bonds is 34. The number of carbonyl (C=O) groups is 3. The second-order valence-electron chi connectivity index (χ2n) is 13.1. The van der Waals surface area contributed by atoms with Crippen LogP contribution in [0.5, 0.6) is 0 Å². The highest BCUT2D eigenvalue weighted by atomic mass is 31.2. The monoisotopic (exact) mass is 742 g/mol. The van der Waals surface area contributed by atoms with Crippen LogP contribution in [-0.4, -0.2) is 71.5 Å². The summed E-state index contributed by atoms with van der Waals surface area (Å²) in [5, 5.41) is 18.2. The Balaban J connectivity index is 4.61. The number of ketones is 1. The first kappa shape index (κ1) is 48.6. The Morgan fingerprint density at radius 3 is 2.02 bits per heavy atom. The van der Waals surface area contributed by atoms with Gasteiger partial charge in [-0.2, -0.15) is 0 Å². The van der Waals surface area contributed by atoms with Gasteiger partial charge in [-0.25, -0.2) is 4.57 Å². The number of ether oxygens (including phenoxy) is 2. The topological polar surface area (TPSA) is 166 Å². The molecule has 11 nitrogen and oxygen atoms in total. The molecule has 0 amide bonds. The van der Waals surface area contributed by atoms with Crippen molar-refractivity contribution in [2.24, 2.45) is 5.92 Å². The maximum Gasteiger partial charge on any atom is 0.472 e. The number of carbonyl (C=O) groups excluding carboxylic acids is 3. The van der Waals surface area contributed by atoms with Gasteiger partial charge < -0.3 is 24.6 Å². The highest BCUT2D eigenvalue weighted by Crippen LogP contribution is 2.43. The Bertz CT molecular complexity index is 1070. The zero-order valence-corrected chi connectivity index (χ0v) is 32.4. The average Bonchev–Trinajstić information content (AvgIpc) is 3.09. The number of aliphatic hydroxyl groups is 2. The second kappa shape index (κ2) is 33.4. The third-order valence-corrected chi connectivity index (χ3v) is 8.59. The summed E-state index contributed by atoms with van der Waals surface area (Å²) < 4.78 is 32.3. The molecular formula is C39H67O11P. The zero-order valence-electron chi connectivity index (χ0n) is 31.5. The van der Waals surface area contributed by atoms with Gasteiger partial charge in [0.2, 0.25) is 0 Å². The molecule has 1 unspecified atom stereocenters. The molecule has 0 aliphatic heterocycles. The number of phosphoric acid groups is 1. The highest BCUT2D eigenvalue weighted by molar-refractivity contribution is 7.47. The Morgan fingerprint density at radius 1 is 0.706 bits per heavy atom. The van der Waals surface area contributed by atoms with Gasteiger partial charge in [-0.05, 0) is 50.5 Å². The lowest BCUT2D eigenvalue weighted by Crippen LogP contribution is -2.30. The molecule has 51 heavy (non-hydrogen) atoms. The Labute approximate surface area is 307 Å². The van der Waals surface area contributed by atoms with Gasteiger partial charge in [0.05, 0.1) is 19.8 Å². The molecular weight excluding hydrogens is 675 g/mol. The third-order valence-electron chi connectivity index (χ3n) is 7.64. The van der Waals surface area contributed by atoms with Crippen molar-refractivity contribution in [1.29, 1.82) is 0 Å². The van der Waals surface area contributed by atoms with E-state index in [1.165, 1.54) is 51.0 Å². The van der Waals surface area contributed by atoms with E-state index in [0.717, 1.165) is 44.4 Å². The minimum Gasteiger partial charge on any atom is -0.462 e. The van der Waals surface area contributed by atoms with Crippen molar-refractivity contribution in [3.8, 4) is 0 Å². The van der Waals surface area contributed by atoms with Crippen molar-refractivity contribution in [3.05, 3.63) is 48.6 Å². The van der Waals surface area contributed by atoms with E-state index < -0.39 is 58.4 Å². The molecule has 0 aliphatic rings. The molecule has 0 bridgehead atoms. The van der Waals surface area contributed by atoms with Crippen molar-refractivity contribution < 1.29 is 52.6 Å². The molecule has 0 aromatic heterocycles.